The Kier molecular flexibility index (Phi) is 5.99. The van der Waals surface area contributed by atoms with Crippen LogP contribution in [0.4, 0.5) is 4.79 Å². The lowest BCUT2D eigenvalue weighted by atomic mass is 10.0. The van der Waals surface area contributed by atoms with E-state index in [0.29, 0.717) is 6.61 Å². The smallest absolute Gasteiger partial charge is 0.315 e. The van der Waals surface area contributed by atoms with E-state index in [1.165, 1.54) is 0 Å². The molecule has 2 N–H and O–H groups in total. The second-order valence-electron chi connectivity index (χ2n) is 5.18. The maximum Gasteiger partial charge on any atom is 0.315 e. The van der Waals surface area contributed by atoms with Gasteiger partial charge in [0.2, 0.25) is 0 Å². The van der Waals surface area contributed by atoms with Crippen LogP contribution in [0.15, 0.2) is 0 Å². The second kappa shape index (κ2) is 6.47. The number of esters is 1. The van der Waals surface area contributed by atoms with Crippen LogP contribution in [0, 0.1) is 5.92 Å². The molecule has 0 saturated carbocycles. The fourth-order valence-electron chi connectivity index (χ4n) is 1.19. The van der Waals surface area contributed by atoms with Crippen LogP contribution in [0.1, 0.15) is 41.5 Å². The number of urea groups is 1. The number of ether oxygens (including phenoxy) is 1. The van der Waals surface area contributed by atoms with E-state index in [9.17, 15) is 9.59 Å². The molecule has 0 aromatic heterocycles. The van der Waals surface area contributed by atoms with Gasteiger partial charge in [-0.15, -0.1) is 0 Å². The van der Waals surface area contributed by atoms with Gasteiger partial charge in [-0.1, -0.05) is 0 Å². The van der Waals surface area contributed by atoms with Gasteiger partial charge in [0.15, 0.2) is 0 Å². The second-order valence-corrected chi connectivity index (χ2v) is 5.18. The number of carbonyl (C=O) groups is 2. The average molecular weight is 244 g/mol. The van der Waals surface area contributed by atoms with E-state index in [1.54, 1.807) is 20.8 Å². The molecule has 0 saturated heterocycles. The lowest BCUT2D eigenvalue weighted by Crippen LogP contribution is -2.51. The van der Waals surface area contributed by atoms with Crippen molar-refractivity contribution in [2.75, 3.05) is 6.61 Å². The van der Waals surface area contributed by atoms with Crippen molar-refractivity contribution < 1.29 is 14.3 Å². The third-order valence-electron chi connectivity index (χ3n) is 2.26. The van der Waals surface area contributed by atoms with Gasteiger partial charge in [-0.2, -0.15) is 0 Å². The van der Waals surface area contributed by atoms with E-state index < -0.39 is 0 Å². The molecule has 5 heteroatoms. The zero-order chi connectivity index (χ0) is 13.6. The number of hydrogen-bond donors (Lipinski definition) is 2. The molecular formula is C12H24N2O3. The van der Waals surface area contributed by atoms with Gasteiger partial charge in [0, 0.05) is 11.6 Å². The molecule has 100 valence electrons. The Morgan fingerprint density at radius 3 is 2.18 bits per heavy atom. The number of hydrogen-bond acceptors (Lipinski definition) is 3. The molecule has 0 unspecified atom stereocenters. The predicted octanol–water partition coefficient (Wildman–Crippen LogP) is 1.67. The zero-order valence-electron chi connectivity index (χ0n) is 11.6. The number of nitrogens with one attached hydrogen (secondary N) is 2. The Labute approximate surface area is 103 Å². The van der Waals surface area contributed by atoms with Crippen molar-refractivity contribution in [1.29, 1.82) is 0 Å². The summed E-state index contributed by atoms with van der Waals surface area (Å²) in [4.78, 5) is 23.0. The normalized spacial score (nSPS) is 14.7. The Balaban J connectivity index is 4.20. The molecule has 0 heterocycles. The first kappa shape index (κ1) is 15.7. The highest BCUT2D eigenvalue weighted by molar-refractivity contribution is 5.77. The first-order valence-corrected chi connectivity index (χ1v) is 5.92. The standard InChI is InChI=1S/C12H24N2O3/c1-7-17-10(15)8(2)9(3)13-11(16)14-12(4,5)6/h8-9H,7H2,1-6H3,(H2,13,14,16)/t8-,9-/m1/s1. The molecule has 0 aromatic rings. The van der Waals surface area contributed by atoms with E-state index in [4.69, 9.17) is 4.74 Å². The SMILES string of the molecule is CCOC(=O)[C@H](C)[C@@H](C)NC(=O)NC(C)(C)C. The molecular weight excluding hydrogens is 220 g/mol. The maximum atomic E-state index is 11.6. The lowest BCUT2D eigenvalue weighted by Gasteiger charge is -2.24. The van der Waals surface area contributed by atoms with E-state index >= 15 is 0 Å². The van der Waals surface area contributed by atoms with Gasteiger partial charge in [-0.05, 0) is 41.5 Å². The van der Waals surface area contributed by atoms with Crippen LogP contribution in [0.5, 0.6) is 0 Å². The van der Waals surface area contributed by atoms with E-state index in [1.807, 2.05) is 20.8 Å². The van der Waals surface area contributed by atoms with Crippen molar-refractivity contribution in [1.82, 2.24) is 10.6 Å². The highest BCUT2D eigenvalue weighted by Crippen LogP contribution is 2.06. The Bertz CT molecular complexity index is 271. The highest BCUT2D eigenvalue weighted by Gasteiger charge is 2.24. The molecule has 0 aromatic carbocycles. The number of carbonyl (C=O) groups excluding carboxylic acids is 2. The third kappa shape index (κ3) is 6.81. The molecule has 0 aliphatic carbocycles. The monoisotopic (exact) mass is 244 g/mol. The minimum atomic E-state index is -0.360. The molecule has 0 radical (unpaired) electrons. The van der Waals surface area contributed by atoms with Crippen LogP contribution in [0.25, 0.3) is 0 Å². The fraction of sp³-hybridized carbons (Fsp3) is 0.833. The number of amides is 2. The van der Waals surface area contributed by atoms with Gasteiger partial charge in [0.25, 0.3) is 0 Å². The van der Waals surface area contributed by atoms with Gasteiger partial charge < -0.3 is 15.4 Å². The van der Waals surface area contributed by atoms with Gasteiger partial charge in [-0.3, -0.25) is 4.79 Å². The summed E-state index contributed by atoms with van der Waals surface area (Å²) in [7, 11) is 0. The summed E-state index contributed by atoms with van der Waals surface area (Å²) in [5.74, 6) is -0.656. The topological polar surface area (TPSA) is 67.4 Å². The highest BCUT2D eigenvalue weighted by atomic mass is 16.5. The molecule has 0 aliphatic rings. The van der Waals surface area contributed by atoms with Crippen LogP contribution in [0.2, 0.25) is 0 Å². The Hall–Kier alpha value is -1.26. The van der Waals surface area contributed by atoms with Gasteiger partial charge >= 0.3 is 12.0 Å². The van der Waals surface area contributed by atoms with Crippen molar-refractivity contribution in [2.24, 2.45) is 5.92 Å². The van der Waals surface area contributed by atoms with Crippen LogP contribution >= 0.6 is 0 Å². The predicted molar refractivity (Wildman–Crippen MR) is 66.7 cm³/mol. The molecule has 17 heavy (non-hydrogen) atoms. The quantitative estimate of drug-likeness (QED) is 0.739. The molecule has 2 amide bonds. The van der Waals surface area contributed by atoms with E-state index in [2.05, 4.69) is 10.6 Å². The van der Waals surface area contributed by atoms with Crippen LogP contribution in [-0.2, 0) is 9.53 Å². The number of rotatable bonds is 4. The van der Waals surface area contributed by atoms with Crippen LogP contribution < -0.4 is 10.6 Å². The molecule has 0 aliphatic heterocycles. The summed E-state index contributed by atoms with van der Waals surface area (Å²) in [5, 5.41) is 5.50. The molecule has 0 fully saturated rings. The lowest BCUT2D eigenvalue weighted by molar-refractivity contribution is -0.148. The summed E-state index contributed by atoms with van der Waals surface area (Å²) in [6.45, 7) is 11.3. The van der Waals surface area contributed by atoms with Gasteiger partial charge in [0.05, 0.1) is 12.5 Å². The molecule has 5 nitrogen and oxygen atoms in total. The molecule has 0 bridgehead atoms. The summed E-state index contributed by atoms with van der Waals surface area (Å²) in [5.41, 5.74) is -0.295. The summed E-state index contributed by atoms with van der Waals surface area (Å²) in [6.07, 6.45) is 0. The van der Waals surface area contributed by atoms with E-state index in [0.717, 1.165) is 0 Å². The van der Waals surface area contributed by atoms with Crippen molar-refractivity contribution >= 4 is 12.0 Å². The molecule has 2 atom stereocenters. The fourth-order valence-corrected chi connectivity index (χ4v) is 1.19. The summed E-state index contributed by atoms with van der Waals surface area (Å²) < 4.78 is 4.90. The Morgan fingerprint density at radius 1 is 1.24 bits per heavy atom. The average Bonchev–Trinajstić information content (AvgIpc) is 2.13. The molecule has 0 spiro atoms. The third-order valence-corrected chi connectivity index (χ3v) is 2.26. The van der Waals surface area contributed by atoms with E-state index in [-0.39, 0.29) is 29.5 Å². The first-order chi connectivity index (χ1) is 7.67. The minimum absolute atomic E-state index is 0.267. The van der Waals surface area contributed by atoms with Gasteiger partial charge in [0.1, 0.15) is 0 Å². The summed E-state index contributed by atoms with van der Waals surface area (Å²) >= 11 is 0. The summed E-state index contributed by atoms with van der Waals surface area (Å²) in [6, 6.07) is -0.544. The van der Waals surface area contributed by atoms with Crippen LogP contribution in [-0.4, -0.2) is 30.2 Å². The zero-order valence-corrected chi connectivity index (χ0v) is 11.6. The molecule has 0 rings (SSSR count). The van der Waals surface area contributed by atoms with Crippen molar-refractivity contribution in [3.8, 4) is 0 Å². The van der Waals surface area contributed by atoms with Crippen molar-refractivity contribution in [2.45, 2.75) is 53.1 Å². The largest absolute Gasteiger partial charge is 0.466 e. The van der Waals surface area contributed by atoms with Crippen LogP contribution in [0.3, 0.4) is 0 Å². The van der Waals surface area contributed by atoms with Crippen molar-refractivity contribution in [3.63, 3.8) is 0 Å². The minimum Gasteiger partial charge on any atom is -0.466 e. The Morgan fingerprint density at radius 2 is 1.76 bits per heavy atom. The first-order valence-electron chi connectivity index (χ1n) is 5.92. The maximum absolute atomic E-state index is 11.6. The van der Waals surface area contributed by atoms with Crippen molar-refractivity contribution in [3.05, 3.63) is 0 Å². The van der Waals surface area contributed by atoms with Gasteiger partial charge in [-0.25, -0.2) is 4.79 Å².